The summed E-state index contributed by atoms with van der Waals surface area (Å²) in [6.45, 7) is 1.17. The van der Waals surface area contributed by atoms with Crippen LogP contribution in [0.3, 0.4) is 0 Å². The monoisotopic (exact) mass is 307 g/mol. The number of rotatable bonds is 2. The molecule has 1 saturated heterocycles. The highest BCUT2D eigenvalue weighted by Gasteiger charge is 2.23. The lowest BCUT2D eigenvalue weighted by molar-refractivity contribution is 0.0362. The van der Waals surface area contributed by atoms with E-state index in [4.69, 9.17) is 21.4 Å². The first-order chi connectivity index (χ1) is 10.1. The molecule has 4 nitrogen and oxygen atoms in total. The van der Waals surface area contributed by atoms with Crippen molar-refractivity contribution in [1.29, 1.82) is 0 Å². The first-order valence-electron chi connectivity index (χ1n) is 6.87. The zero-order valence-electron chi connectivity index (χ0n) is 11.9. The molecule has 112 valence electrons. The molecule has 1 aliphatic heterocycles. The van der Waals surface area contributed by atoms with Crippen molar-refractivity contribution in [2.24, 2.45) is 0 Å². The Morgan fingerprint density at radius 3 is 2.81 bits per heavy atom. The number of halogens is 1. The minimum atomic E-state index is -0.219. The number of amides is 1. The fraction of sp³-hybridized carbons (Fsp3) is 0.438. The molecule has 1 N–H and O–H groups in total. The molecule has 1 aromatic rings. The first-order valence-corrected chi connectivity index (χ1v) is 7.25. The Labute approximate surface area is 129 Å². The van der Waals surface area contributed by atoms with Crippen LogP contribution in [0.25, 0.3) is 0 Å². The highest BCUT2D eigenvalue weighted by atomic mass is 35.5. The molecule has 0 unspecified atom stereocenters. The summed E-state index contributed by atoms with van der Waals surface area (Å²) in [4.78, 5) is 14.2. The van der Waals surface area contributed by atoms with Gasteiger partial charge < -0.3 is 14.7 Å². The Bertz CT molecular complexity index is 571. The molecule has 0 radical (unpaired) electrons. The van der Waals surface area contributed by atoms with Crippen LogP contribution in [0.4, 0.5) is 0 Å². The second-order valence-electron chi connectivity index (χ2n) is 4.91. The van der Waals surface area contributed by atoms with E-state index in [0.717, 1.165) is 12.8 Å². The van der Waals surface area contributed by atoms with Crippen LogP contribution in [0, 0.1) is 11.8 Å². The van der Waals surface area contributed by atoms with Gasteiger partial charge in [-0.25, -0.2) is 0 Å². The number of carbonyl (C=O) groups is 1. The smallest absolute Gasteiger partial charge is 0.253 e. The first kappa shape index (κ1) is 15.8. The van der Waals surface area contributed by atoms with Crippen molar-refractivity contribution in [3.63, 3.8) is 0 Å². The van der Waals surface area contributed by atoms with Crippen LogP contribution >= 0.6 is 11.6 Å². The summed E-state index contributed by atoms with van der Waals surface area (Å²) in [5.41, 5.74) is 1.15. The number of nitrogens with zero attached hydrogens (tertiary/aromatic N) is 1. The fourth-order valence-electron chi connectivity index (χ4n) is 2.33. The molecule has 1 heterocycles. The maximum Gasteiger partial charge on any atom is 0.253 e. The van der Waals surface area contributed by atoms with Crippen LogP contribution in [0.2, 0.25) is 5.02 Å². The predicted octanol–water partition coefficient (Wildman–Crippen LogP) is 1.93. The van der Waals surface area contributed by atoms with E-state index in [1.807, 2.05) is 7.05 Å². The Kier molecular flexibility index (Phi) is 5.63. The average Bonchev–Trinajstić information content (AvgIpc) is 2.53. The number of aliphatic hydroxyl groups is 1. The van der Waals surface area contributed by atoms with Gasteiger partial charge in [0.15, 0.2) is 0 Å². The van der Waals surface area contributed by atoms with Crippen molar-refractivity contribution in [1.82, 2.24) is 4.90 Å². The molecule has 1 aliphatic rings. The summed E-state index contributed by atoms with van der Waals surface area (Å²) in [6.07, 6.45) is 1.71. The van der Waals surface area contributed by atoms with E-state index in [2.05, 4.69) is 11.8 Å². The molecule has 1 fully saturated rings. The maximum absolute atomic E-state index is 12.5. The number of hydrogen-bond acceptors (Lipinski definition) is 3. The van der Waals surface area contributed by atoms with Crippen molar-refractivity contribution in [3.8, 4) is 11.8 Å². The Hall–Kier alpha value is -1.54. The van der Waals surface area contributed by atoms with Crippen LogP contribution < -0.4 is 0 Å². The molecule has 1 aromatic carbocycles. The number of aliphatic hydroxyl groups excluding tert-OH is 1. The fourth-order valence-corrected chi connectivity index (χ4v) is 2.55. The van der Waals surface area contributed by atoms with Crippen molar-refractivity contribution < 1.29 is 14.6 Å². The van der Waals surface area contributed by atoms with Gasteiger partial charge in [0.05, 0.1) is 5.02 Å². The van der Waals surface area contributed by atoms with Crippen molar-refractivity contribution in [2.75, 3.05) is 26.9 Å². The lowest BCUT2D eigenvalue weighted by Gasteiger charge is -2.31. The van der Waals surface area contributed by atoms with E-state index in [0.29, 0.717) is 29.4 Å². The number of carbonyl (C=O) groups excluding carboxylic acids is 1. The lowest BCUT2D eigenvalue weighted by atomic mass is 10.1. The SMILES string of the molecule is CN(C(=O)c1ccc(C#CCO)c(Cl)c1)C1CCOCC1. The maximum atomic E-state index is 12.5. The normalized spacial score (nSPS) is 15.2. The average molecular weight is 308 g/mol. The Morgan fingerprint density at radius 1 is 1.48 bits per heavy atom. The van der Waals surface area contributed by atoms with Gasteiger partial charge in [-0.1, -0.05) is 23.4 Å². The zero-order valence-corrected chi connectivity index (χ0v) is 12.7. The number of ether oxygens (including phenoxy) is 1. The molecular weight excluding hydrogens is 290 g/mol. The molecule has 0 aliphatic carbocycles. The molecule has 5 heteroatoms. The largest absolute Gasteiger partial charge is 0.384 e. The van der Waals surface area contributed by atoms with Gasteiger partial charge in [0.1, 0.15) is 6.61 Å². The second kappa shape index (κ2) is 7.46. The number of hydrogen-bond donors (Lipinski definition) is 1. The molecule has 0 bridgehead atoms. The summed E-state index contributed by atoms with van der Waals surface area (Å²) >= 11 is 6.12. The van der Waals surface area contributed by atoms with Crippen molar-refractivity contribution in [2.45, 2.75) is 18.9 Å². The molecule has 2 rings (SSSR count). The summed E-state index contributed by atoms with van der Waals surface area (Å²) in [5, 5.41) is 9.11. The van der Waals surface area contributed by atoms with Crippen LogP contribution in [0.1, 0.15) is 28.8 Å². The van der Waals surface area contributed by atoms with Gasteiger partial charge in [0.2, 0.25) is 0 Å². The minimum Gasteiger partial charge on any atom is -0.384 e. The summed E-state index contributed by atoms with van der Waals surface area (Å²) in [6, 6.07) is 5.25. The predicted molar refractivity (Wildman–Crippen MR) is 81.4 cm³/mol. The summed E-state index contributed by atoms with van der Waals surface area (Å²) < 4.78 is 5.31. The third kappa shape index (κ3) is 3.98. The Morgan fingerprint density at radius 2 is 2.19 bits per heavy atom. The number of benzene rings is 1. The topological polar surface area (TPSA) is 49.8 Å². The van der Waals surface area contributed by atoms with Gasteiger partial charge in [-0.05, 0) is 31.0 Å². The van der Waals surface area contributed by atoms with Crippen molar-refractivity contribution in [3.05, 3.63) is 34.3 Å². The van der Waals surface area contributed by atoms with Crippen LogP contribution in [-0.2, 0) is 4.74 Å². The van der Waals surface area contributed by atoms with E-state index >= 15 is 0 Å². The van der Waals surface area contributed by atoms with Gasteiger partial charge in [-0.2, -0.15) is 0 Å². The van der Waals surface area contributed by atoms with E-state index < -0.39 is 0 Å². The molecule has 21 heavy (non-hydrogen) atoms. The Balaban J connectivity index is 2.13. The highest BCUT2D eigenvalue weighted by molar-refractivity contribution is 6.32. The lowest BCUT2D eigenvalue weighted by Crippen LogP contribution is -2.40. The molecule has 0 atom stereocenters. The van der Waals surface area contributed by atoms with Crippen molar-refractivity contribution >= 4 is 17.5 Å². The van der Waals surface area contributed by atoms with Crippen LogP contribution in [0.15, 0.2) is 18.2 Å². The third-order valence-electron chi connectivity index (χ3n) is 3.58. The summed E-state index contributed by atoms with van der Waals surface area (Å²) in [5.74, 6) is 5.24. The molecule has 1 amide bonds. The van der Waals surface area contributed by atoms with Gasteiger partial charge in [-0.15, -0.1) is 0 Å². The second-order valence-corrected chi connectivity index (χ2v) is 5.32. The quantitative estimate of drug-likeness (QED) is 0.850. The molecule has 0 aromatic heterocycles. The van der Waals surface area contributed by atoms with Gasteiger partial charge in [-0.3, -0.25) is 4.79 Å². The van der Waals surface area contributed by atoms with Gasteiger partial charge >= 0.3 is 0 Å². The van der Waals surface area contributed by atoms with Gasteiger partial charge in [0.25, 0.3) is 5.91 Å². The van der Waals surface area contributed by atoms with Crippen LogP contribution in [0.5, 0.6) is 0 Å². The van der Waals surface area contributed by atoms with E-state index in [1.54, 1.807) is 23.1 Å². The minimum absolute atomic E-state index is 0.0505. The molecule has 0 saturated carbocycles. The van der Waals surface area contributed by atoms with Crippen LogP contribution in [-0.4, -0.2) is 48.8 Å². The highest BCUT2D eigenvalue weighted by Crippen LogP contribution is 2.20. The molecular formula is C16H18ClNO3. The zero-order chi connectivity index (χ0) is 15.2. The van der Waals surface area contributed by atoms with Gasteiger partial charge in [0, 0.05) is 37.4 Å². The van der Waals surface area contributed by atoms with E-state index in [1.165, 1.54) is 0 Å². The van der Waals surface area contributed by atoms with E-state index in [9.17, 15) is 4.79 Å². The standard InChI is InChI=1S/C16H18ClNO3/c1-18(14-6-9-21-10-7-14)16(20)13-5-4-12(3-2-8-19)15(17)11-13/h4-5,11,14,19H,6-10H2,1H3. The summed E-state index contributed by atoms with van der Waals surface area (Å²) in [7, 11) is 1.81. The molecule has 0 spiro atoms. The third-order valence-corrected chi connectivity index (χ3v) is 3.89. The van der Waals surface area contributed by atoms with E-state index in [-0.39, 0.29) is 18.6 Å².